The molecule has 108 valence electrons. The maximum absolute atomic E-state index is 6.04. The van der Waals surface area contributed by atoms with E-state index in [1.807, 2.05) is 18.2 Å². The lowest BCUT2D eigenvalue weighted by atomic mass is 10.2. The quantitative estimate of drug-likeness (QED) is 0.796. The van der Waals surface area contributed by atoms with E-state index in [1.54, 1.807) is 18.4 Å². The van der Waals surface area contributed by atoms with Crippen LogP contribution in [0.15, 0.2) is 18.2 Å². The van der Waals surface area contributed by atoms with Crippen molar-refractivity contribution in [2.75, 3.05) is 20.2 Å². The Bertz CT molecular complexity index is 559. The van der Waals surface area contributed by atoms with Gasteiger partial charge in [-0.1, -0.05) is 29.9 Å². The van der Waals surface area contributed by atoms with E-state index in [2.05, 4.69) is 22.4 Å². The van der Waals surface area contributed by atoms with Crippen molar-refractivity contribution in [3.63, 3.8) is 0 Å². The van der Waals surface area contributed by atoms with Crippen LogP contribution < -0.4 is 10.1 Å². The Kier molecular flexibility index (Phi) is 5.76. The molecule has 0 saturated carbocycles. The second-order valence-electron chi connectivity index (χ2n) is 4.30. The number of halogens is 1. The van der Waals surface area contributed by atoms with Gasteiger partial charge in [0.05, 0.1) is 12.7 Å². The van der Waals surface area contributed by atoms with Crippen LogP contribution in [0.1, 0.15) is 18.4 Å². The van der Waals surface area contributed by atoms with E-state index in [0.29, 0.717) is 5.02 Å². The molecule has 0 aliphatic rings. The molecule has 0 amide bonds. The fourth-order valence-corrected chi connectivity index (χ4v) is 2.93. The summed E-state index contributed by atoms with van der Waals surface area (Å²) in [5.74, 6) is 0.768. The first-order chi connectivity index (χ1) is 9.74. The van der Waals surface area contributed by atoms with Gasteiger partial charge < -0.3 is 10.1 Å². The van der Waals surface area contributed by atoms with E-state index in [1.165, 1.54) is 0 Å². The molecule has 1 heterocycles. The summed E-state index contributed by atoms with van der Waals surface area (Å²) in [4.78, 5) is 0. The molecule has 1 aromatic carbocycles. The number of hydrogen-bond acceptors (Lipinski definition) is 5. The SMILES string of the molecule is CCNCCCc1nnc(-c2cc(Cl)ccc2OC)s1. The van der Waals surface area contributed by atoms with E-state index in [9.17, 15) is 0 Å². The Hall–Kier alpha value is -1.17. The zero-order chi connectivity index (χ0) is 14.4. The molecule has 4 nitrogen and oxygen atoms in total. The van der Waals surface area contributed by atoms with E-state index in [0.717, 1.165) is 47.3 Å². The van der Waals surface area contributed by atoms with Gasteiger partial charge in [-0.3, -0.25) is 0 Å². The van der Waals surface area contributed by atoms with Crippen molar-refractivity contribution in [2.45, 2.75) is 19.8 Å². The summed E-state index contributed by atoms with van der Waals surface area (Å²) in [6.45, 7) is 4.11. The average molecular weight is 312 g/mol. The van der Waals surface area contributed by atoms with Crippen molar-refractivity contribution >= 4 is 22.9 Å². The molecule has 0 atom stereocenters. The highest BCUT2D eigenvalue weighted by Crippen LogP contribution is 2.34. The Morgan fingerprint density at radius 3 is 2.95 bits per heavy atom. The smallest absolute Gasteiger partial charge is 0.151 e. The number of aryl methyl sites for hydroxylation is 1. The zero-order valence-electron chi connectivity index (χ0n) is 11.6. The van der Waals surface area contributed by atoms with Gasteiger partial charge in [-0.2, -0.15) is 0 Å². The van der Waals surface area contributed by atoms with Crippen LogP contribution in [0.25, 0.3) is 10.6 Å². The first-order valence-corrected chi connectivity index (χ1v) is 7.81. The minimum atomic E-state index is 0.671. The van der Waals surface area contributed by atoms with Crippen LogP contribution in [0.5, 0.6) is 5.75 Å². The van der Waals surface area contributed by atoms with Gasteiger partial charge in [-0.25, -0.2) is 0 Å². The number of nitrogens with zero attached hydrogens (tertiary/aromatic N) is 2. The molecule has 20 heavy (non-hydrogen) atoms. The predicted molar refractivity (Wildman–Crippen MR) is 83.8 cm³/mol. The molecular weight excluding hydrogens is 294 g/mol. The Morgan fingerprint density at radius 2 is 2.20 bits per heavy atom. The topological polar surface area (TPSA) is 47.0 Å². The summed E-state index contributed by atoms with van der Waals surface area (Å²) in [5.41, 5.74) is 0.899. The summed E-state index contributed by atoms with van der Waals surface area (Å²) in [7, 11) is 1.64. The Labute approximate surface area is 128 Å². The number of aromatic nitrogens is 2. The lowest BCUT2D eigenvalue weighted by molar-refractivity contribution is 0.416. The molecule has 0 saturated heterocycles. The Balaban J connectivity index is 2.10. The number of methoxy groups -OCH3 is 1. The molecule has 0 spiro atoms. The number of nitrogens with one attached hydrogen (secondary N) is 1. The number of benzene rings is 1. The molecule has 1 N–H and O–H groups in total. The maximum Gasteiger partial charge on any atom is 0.151 e. The fraction of sp³-hybridized carbons (Fsp3) is 0.429. The second-order valence-corrected chi connectivity index (χ2v) is 5.80. The van der Waals surface area contributed by atoms with Gasteiger partial charge in [0.1, 0.15) is 10.8 Å². The minimum Gasteiger partial charge on any atom is -0.496 e. The van der Waals surface area contributed by atoms with E-state index in [4.69, 9.17) is 16.3 Å². The lowest BCUT2D eigenvalue weighted by Gasteiger charge is -2.05. The number of ether oxygens (including phenoxy) is 1. The van der Waals surface area contributed by atoms with Crippen molar-refractivity contribution in [1.82, 2.24) is 15.5 Å². The third-order valence-electron chi connectivity index (χ3n) is 2.85. The summed E-state index contributed by atoms with van der Waals surface area (Å²) in [6.07, 6.45) is 2.00. The summed E-state index contributed by atoms with van der Waals surface area (Å²) in [5, 5.41) is 14.3. The molecule has 0 bridgehead atoms. The average Bonchev–Trinajstić information content (AvgIpc) is 2.92. The highest BCUT2D eigenvalue weighted by Gasteiger charge is 2.12. The van der Waals surface area contributed by atoms with Gasteiger partial charge in [0.2, 0.25) is 0 Å². The third kappa shape index (κ3) is 3.91. The summed E-state index contributed by atoms with van der Waals surface area (Å²) in [6, 6.07) is 5.52. The number of hydrogen-bond donors (Lipinski definition) is 1. The summed E-state index contributed by atoms with van der Waals surface area (Å²) >= 11 is 7.64. The molecular formula is C14H18ClN3OS. The van der Waals surface area contributed by atoms with Crippen molar-refractivity contribution in [2.24, 2.45) is 0 Å². The van der Waals surface area contributed by atoms with Crippen molar-refractivity contribution < 1.29 is 4.74 Å². The van der Waals surface area contributed by atoms with E-state index < -0.39 is 0 Å². The normalized spacial score (nSPS) is 10.8. The Morgan fingerprint density at radius 1 is 1.35 bits per heavy atom. The molecule has 0 aliphatic carbocycles. The third-order valence-corrected chi connectivity index (χ3v) is 4.10. The molecule has 1 aromatic heterocycles. The van der Waals surface area contributed by atoms with Gasteiger partial charge in [-0.05, 0) is 37.7 Å². The number of rotatable bonds is 7. The standard InChI is InChI=1S/C14H18ClN3OS/c1-3-16-8-4-5-13-17-18-14(20-13)11-9-10(15)6-7-12(11)19-2/h6-7,9,16H,3-5,8H2,1-2H3. The van der Waals surface area contributed by atoms with Crippen LogP contribution in [0.2, 0.25) is 5.02 Å². The summed E-state index contributed by atoms with van der Waals surface area (Å²) < 4.78 is 5.35. The monoisotopic (exact) mass is 311 g/mol. The molecule has 0 unspecified atom stereocenters. The van der Waals surface area contributed by atoms with Crippen LogP contribution in [-0.4, -0.2) is 30.4 Å². The van der Waals surface area contributed by atoms with E-state index >= 15 is 0 Å². The van der Waals surface area contributed by atoms with Gasteiger partial charge in [-0.15, -0.1) is 10.2 Å². The molecule has 0 fully saturated rings. The highest BCUT2D eigenvalue weighted by molar-refractivity contribution is 7.14. The first-order valence-electron chi connectivity index (χ1n) is 6.61. The lowest BCUT2D eigenvalue weighted by Crippen LogP contribution is -2.14. The van der Waals surface area contributed by atoms with Gasteiger partial charge in [0, 0.05) is 11.4 Å². The van der Waals surface area contributed by atoms with Crippen LogP contribution in [0.3, 0.4) is 0 Å². The van der Waals surface area contributed by atoms with Crippen molar-refractivity contribution in [3.8, 4) is 16.3 Å². The molecule has 0 radical (unpaired) electrons. The predicted octanol–water partition coefficient (Wildman–Crippen LogP) is 3.41. The van der Waals surface area contributed by atoms with Crippen LogP contribution >= 0.6 is 22.9 Å². The molecule has 2 rings (SSSR count). The van der Waals surface area contributed by atoms with Crippen LogP contribution in [0, 0.1) is 0 Å². The minimum absolute atomic E-state index is 0.671. The largest absolute Gasteiger partial charge is 0.496 e. The fourth-order valence-electron chi connectivity index (χ4n) is 1.85. The molecule has 0 aliphatic heterocycles. The van der Waals surface area contributed by atoms with Gasteiger partial charge in [0.15, 0.2) is 5.01 Å². The van der Waals surface area contributed by atoms with Gasteiger partial charge >= 0.3 is 0 Å². The van der Waals surface area contributed by atoms with Crippen molar-refractivity contribution in [1.29, 1.82) is 0 Å². The van der Waals surface area contributed by atoms with E-state index in [-0.39, 0.29) is 0 Å². The maximum atomic E-state index is 6.04. The van der Waals surface area contributed by atoms with Gasteiger partial charge in [0.25, 0.3) is 0 Å². The zero-order valence-corrected chi connectivity index (χ0v) is 13.2. The molecule has 6 heteroatoms. The first kappa shape index (κ1) is 15.2. The van der Waals surface area contributed by atoms with Crippen LogP contribution in [-0.2, 0) is 6.42 Å². The van der Waals surface area contributed by atoms with Crippen molar-refractivity contribution in [3.05, 3.63) is 28.2 Å². The highest BCUT2D eigenvalue weighted by atomic mass is 35.5. The second kappa shape index (κ2) is 7.57. The van der Waals surface area contributed by atoms with Crippen LogP contribution in [0.4, 0.5) is 0 Å². The molecule has 2 aromatic rings.